The summed E-state index contributed by atoms with van der Waals surface area (Å²) < 4.78 is 14.9. The van der Waals surface area contributed by atoms with Crippen LogP contribution in [0.15, 0.2) is 18.2 Å². The highest BCUT2D eigenvalue weighted by Gasteiger charge is 2.15. The molecule has 0 amide bonds. The standard InChI is InChI=1S/C11H13ClFN5/c1-2-6-15-11-16-10(14)18(17-11)9-7(12)4-3-5-8(9)13/h3-5H,2,6H2,1H3,(H3,14,15,16,17). The lowest BCUT2D eigenvalue weighted by atomic mass is 10.3. The SMILES string of the molecule is CCCNc1nc(N)n(-c2c(F)cccc2Cl)n1. The Morgan fingerprint density at radius 2 is 2.28 bits per heavy atom. The van der Waals surface area contributed by atoms with Crippen molar-refractivity contribution < 1.29 is 4.39 Å². The van der Waals surface area contributed by atoms with Gasteiger partial charge in [0.05, 0.1) is 5.02 Å². The quantitative estimate of drug-likeness (QED) is 0.895. The van der Waals surface area contributed by atoms with Crippen molar-refractivity contribution in [1.29, 1.82) is 0 Å². The molecule has 96 valence electrons. The van der Waals surface area contributed by atoms with Gasteiger partial charge in [0.25, 0.3) is 0 Å². The van der Waals surface area contributed by atoms with Crippen molar-refractivity contribution in [1.82, 2.24) is 14.8 Å². The summed E-state index contributed by atoms with van der Waals surface area (Å²) in [5, 5.41) is 7.29. The molecule has 0 spiro atoms. The average molecular weight is 270 g/mol. The Morgan fingerprint density at radius 3 is 2.94 bits per heavy atom. The fraction of sp³-hybridized carbons (Fsp3) is 0.273. The van der Waals surface area contributed by atoms with Crippen molar-refractivity contribution in [2.75, 3.05) is 17.6 Å². The molecule has 2 aromatic rings. The number of benzene rings is 1. The number of para-hydroxylation sites is 1. The van der Waals surface area contributed by atoms with Crippen LogP contribution in [0.5, 0.6) is 0 Å². The molecular formula is C11H13ClFN5. The van der Waals surface area contributed by atoms with Crippen molar-refractivity contribution in [3.05, 3.63) is 29.0 Å². The number of rotatable bonds is 4. The monoisotopic (exact) mass is 269 g/mol. The highest BCUT2D eigenvalue weighted by molar-refractivity contribution is 6.32. The second kappa shape index (κ2) is 5.22. The van der Waals surface area contributed by atoms with Crippen LogP contribution in [-0.4, -0.2) is 21.3 Å². The lowest BCUT2D eigenvalue weighted by Gasteiger charge is -2.05. The Morgan fingerprint density at radius 1 is 1.50 bits per heavy atom. The first-order valence-corrected chi connectivity index (χ1v) is 5.92. The molecule has 0 fully saturated rings. The topological polar surface area (TPSA) is 68.8 Å². The van der Waals surface area contributed by atoms with Gasteiger partial charge in [0, 0.05) is 6.54 Å². The number of hydrogen-bond acceptors (Lipinski definition) is 4. The van der Waals surface area contributed by atoms with Crippen molar-refractivity contribution in [2.24, 2.45) is 0 Å². The van der Waals surface area contributed by atoms with Crippen LogP contribution in [0.25, 0.3) is 5.69 Å². The fourth-order valence-electron chi connectivity index (χ4n) is 1.49. The van der Waals surface area contributed by atoms with Gasteiger partial charge in [-0.3, -0.25) is 0 Å². The van der Waals surface area contributed by atoms with Crippen LogP contribution in [-0.2, 0) is 0 Å². The van der Waals surface area contributed by atoms with Crippen molar-refractivity contribution in [2.45, 2.75) is 13.3 Å². The van der Waals surface area contributed by atoms with Crippen LogP contribution in [0.1, 0.15) is 13.3 Å². The smallest absolute Gasteiger partial charge is 0.244 e. The molecule has 0 aliphatic carbocycles. The Hall–Kier alpha value is -1.82. The molecule has 0 radical (unpaired) electrons. The van der Waals surface area contributed by atoms with Crippen LogP contribution in [0.3, 0.4) is 0 Å². The third-order valence-corrected chi connectivity index (χ3v) is 2.62. The maximum Gasteiger partial charge on any atom is 0.244 e. The molecule has 0 saturated heterocycles. The van der Waals surface area contributed by atoms with Crippen molar-refractivity contribution in [3.8, 4) is 5.69 Å². The molecule has 0 atom stereocenters. The Bertz CT molecular complexity index is 534. The van der Waals surface area contributed by atoms with Crippen LogP contribution < -0.4 is 11.1 Å². The predicted octanol–water partition coefficient (Wildman–Crippen LogP) is 2.46. The highest BCUT2D eigenvalue weighted by Crippen LogP contribution is 2.25. The molecule has 0 unspecified atom stereocenters. The molecule has 1 aromatic carbocycles. The van der Waals surface area contributed by atoms with Gasteiger partial charge < -0.3 is 11.1 Å². The number of halogens is 2. The minimum Gasteiger partial charge on any atom is -0.368 e. The predicted molar refractivity (Wildman–Crippen MR) is 69.5 cm³/mol. The minimum absolute atomic E-state index is 0.0839. The first kappa shape index (κ1) is 12.6. The van der Waals surface area contributed by atoms with E-state index in [-0.39, 0.29) is 16.7 Å². The maximum absolute atomic E-state index is 13.7. The van der Waals surface area contributed by atoms with Gasteiger partial charge in [0.15, 0.2) is 5.82 Å². The van der Waals surface area contributed by atoms with Gasteiger partial charge in [-0.1, -0.05) is 24.6 Å². The number of nitrogen functional groups attached to an aromatic ring is 1. The molecule has 0 bridgehead atoms. The van der Waals surface area contributed by atoms with Gasteiger partial charge in [-0.25, -0.2) is 4.39 Å². The molecule has 0 aliphatic rings. The van der Waals surface area contributed by atoms with Crippen LogP contribution in [0.2, 0.25) is 5.02 Å². The van der Waals surface area contributed by atoms with Gasteiger partial charge in [0.2, 0.25) is 11.9 Å². The summed E-state index contributed by atoms with van der Waals surface area (Å²) in [5.41, 5.74) is 5.81. The van der Waals surface area contributed by atoms with Gasteiger partial charge >= 0.3 is 0 Å². The second-order valence-electron chi connectivity index (χ2n) is 3.70. The number of nitrogens with two attached hydrogens (primary N) is 1. The third kappa shape index (κ3) is 2.38. The van der Waals surface area contributed by atoms with Gasteiger partial charge in [-0.15, -0.1) is 5.10 Å². The number of nitrogens with one attached hydrogen (secondary N) is 1. The molecule has 18 heavy (non-hydrogen) atoms. The molecule has 0 saturated carbocycles. The maximum atomic E-state index is 13.7. The second-order valence-corrected chi connectivity index (χ2v) is 4.11. The van der Waals surface area contributed by atoms with E-state index in [1.54, 1.807) is 6.07 Å². The van der Waals surface area contributed by atoms with E-state index in [1.165, 1.54) is 16.8 Å². The zero-order valence-electron chi connectivity index (χ0n) is 9.82. The number of nitrogens with zero attached hydrogens (tertiary/aromatic N) is 3. The summed E-state index contributed by atoms with van der Waals surface area (Å²) in [6.07, 6.45) is 0.925. The number of anilines is 2. The van der Waals surface area contributed by atoms with Crippen LogP contribution in [0, 0.1) is 5.82 Å². The first-order valence-electron chi connectivity index (χ1n) is 5.54. The molecule has 2 rings (SSSR count). The molecule has 1 heterocycles. The zero-order valence-corrected chi connectivity index (χ0v) is 10.6. The number of hydrogen-bond donors (Lipinski definition) is 2. The van der Waals surface area contributed by atoms with E-state index < -0.39 is 5.82 Å². The summed E-state index contributed by atoms with van der Waals surface area (Å²) >= 11 is 5.95. The molecule has 3 N–H and O–H groups in total. The van der Waals surface area contributed by atoms with E-state index in [0.717, 1.165) is 6.42 Å². The molecule has 5 nitrogen and oxygen atoms in total. The summed E-state index contributed by atoms with van der Waals surface area (Å²) in [6.45, 7) is 2.73. The highest BCUT2D eigenvalue weighted by atomic mass is 35.5. The van der Waals surface area contributed by atoms with Crippen molar-refractivity contribution >= 4 is 23.5 Å². The van der Waals surface area contributed by atoms with E-state index in [4.69, 9.17) is 17.3 Å². The van der Waals surface area contributed by atoms with Crippen molar-refractivity contribution in [3.63, 3.8) is 0 Å². The van der Waals surface area contributed by atoms with Gasteiger partial charge in [-0.05, 0) is 18.6 Å². The normalized spacial score (nSPS) is 10.6. The first-order chi connectivity index (χ1) is 8.63. The lowest BCUT2D eigenvalue weighted by molar-refractivity contribution is 0.612. The largest absolute Gasteiger partial charge is 0.368 e. The summed E-state index contributed by atoms with van der Waals surface area (Å²) in [7, 11) is 0. The van der Waals surface area contributed by atoms with E-state index in [0.29, 0.717) is 12.5 Å². The third-order valence-electron chi connectivity index (χ3n) is 2.31. The summed E-state index contributed by atoms with van der Waals surface area (Å²) in [4.78, 5) is 4.00. The van der Waals surface area contributed by atoms with Crippen LogP contribution >= 0.6 is 11.6 Å². The van der Waals surface area contributed by atoms with E-state index in [1.807, 2.05) is 6.92 Å². The average Bonchev–Trinajstić information content (AvgIpc) is 2.68. The minimum atomic E-state index is -0.499. The van der Waals surface area contributed by atoms with E-state index >= 15 is 0 Å². The molecule has 7 heteroatoms. The van der Waals surface area contributed by atoms with E-state index in [9.17, 15) is 4.39 Å². The van der Waals surface area contributed by atoms with Crippen LogP contribution in [0.4, 0.5) is 16.3 Å². The number of aromatic nitrogens is 3. The summed E-state index contributed by atoms with van der Waals surface area (Å²) in [5.74, 6) is -0.0598. The Kier molecular flexibility index (Phi) is 3.66. The molecule has 1 aromatic heterocycles. The summed E-state index contributed by atoms with van der Waals surface area (Å²) in [6, 6.07) is 4.38. The van der Waals surface area contributed by atoms with Gasteiger partial charge in [0.1, 0.15) is 5.69 Å². The molecule has 0 aliphatic heterocycles. The van der Waals surface area contributed by atoms with E-state index in [2.05, 4.69) is 15.4 Å². The molecular weight excluding hydrogens is 257 g/mol. The Labute approximate surface area is 109 Å². The Balaban J connectivity index is 2.41. The fourth-order valence-corrected chi connectivity index (χ4v) is 1.73. The lowest BCUT2D eigenvalue weighted by Crippen LogP contribution is -2.06. The van der Waals surface area contributed by atoms with Gasteiger partial charge in [-0.2, -0.15) is 9.67 Å². The zero-order chi connectivity index (χ0) is 13.1.